The fourth-order valence-electron chi connectivity index (χ4n) is 3.10. The smallest absolute Gasteiger partial charge is 0.124 e. The summed E-state index contributed by atoms with van der Waals surface area (Å²) in [6.07, 6.45) is 1.66. The number of fused-ring (bicyclic) bond motifs is 1. The van der Waals surface area contributed by atoms with Gasteiger partial charge in [0.15, 0.2) is 0 Å². The first-order valence-electron chi connectivity index (χ1n) is 8.93. The van der Waals surface area contributed by atoms with Crippen LogP contribution in [0.3, 0.4) is 0 Å². The van der Waals surface area contributed by atoms with Crippen LogP contribution in [0, 0.1) is 20.8 Å². The molecule has 1 heterocycles. The van der Waals surface area contributed by atoms with Crippen LogP contribution < -0.4 is 0 Å². The molecule has 0 atom stereocenters. The van der Waals surface area contributed by atoms with Crippen molar-refractivity contribution in [3.05, 3.63) is 75.8 Å². The Labute approximate surface area is 173 Å². The molecule has 0 bridgehead atoms. The van der Waals surface area contributed by atoms with Crippen molar-refractivity contribution in [2.45, 2.75) is 20.8 Å². The Bertz CT molecular complexity index is 1210. The van der Waals surface area contributed by atoms with Crippen LogP contribution in [0.4, 0.5) is 5.69 Å². The molecule has 0 spiro atoms. The first kappa shape index (κ1) is 18.7. The second kappa shape index (κ2) is 7.38. The van der Waals surface area contributed by atoms with Crippen molar-refractivity contribution in [1.29, 1.82) is 0 Å². The number of thiazole rings is 1. The molecule has 4 rings (SSSR count). The molecule has 0 aliphatic heterocycles. The fraction of sp³-hybridized carbons (Fsp3) is 0.130. The Morgan fingerprint density at radius 2 is 1.79 bits per heavy atom. The van der Waals surface area contributed by atoms with Crippen LogP contribution in [0.5, 0.6) is 5.75 Å². The van der Waals surface area contributed by atoms with Crippen LogP contribution in [0.2, 0.25) is 5.02 Å². The summed E-state index contributed by atoms with van der Waals surface area (Å²) in [6.45, 7) is 5.85. The van der Waals surface area contributed by atoms with Crippen LogP contribution in [0.15, 0.2) is 53.5 Å². The summed E-state index contributed by atoms with van der Waals surface area (Å²) < 4.78 is 1.19. The predicted molar refractivity (Wildman–Crippen MR) is 120 cm³/mol. The van der Waals surface area contributed by atoms with E-state index < -0.39 is 0 Å². The van der Waals surface area contributed by atoms with E-state index in [4.69, 9.17) is 16.6 Å². The Kier molecular flexibility index (Phi) is 4.92. The standard InChI is InChI=1S/C23H19ClN2OS/c1-13-4-9-19-21(10-13)28-23(26-19)16-5-7-17(8-6-16)25-12-18-15(3)22(24)14(2)11-20(18)27/h4-12,27H,1-3H3. The fourth-order valence-corrected chi connectivity index (χ4v) is 4.33. The molecule has 5 heteroatoms. The van der Waals surface area contributed by atoms with Gasteiger partial charge in [0.1, 0.15) is 10.8 Å². The maximum Gasteiger partial charge on any atom is 0.124 e. The molecule has 0 saturated carbocycles. The first-order chi connectivity index (χ1) is 13.4. The Morgan fingerprint density at radius 1 is 1.04 bits per heavy atom. The van der Waals surface area contributed by atoms with E-state index in [1.165, 1.54) is 10.3 Å². The van der Waals surface area contributed by atoms with E-state index in [0.29, 0.717) is 10.6 Å². The predicted octanol–water partition coefficient (Wildman–Crippen LogP) is 7.00. The molecule has 0 aliphatic rings. The average Bonchev–Trinajstić information content (AvgIpc) is 3.09. The molecule has 0 aliphatic carbocycles. The van der Waals surface area contributed by atoms with Gasteiger partial charge in [-0.1, -0.05) is 17.7 Å². The number of aromatic hydroxyl groups is 1. The van der Waals surface area contributed by atoms with Gasteiger partial charge in [-0.25, -0.2) is 4.98 Å². The van der Waals surface area contributed by atoms with Gasteiger partial charge in [-0.3, -0.25) is 4.99 Å². The average molecular weight is 407 g/mol. The lowest BCUT2D eigenvalue weighted by molar-refractivity contribution is 0.473. The van der Waals surface area contributed by atoms with E-state index in [9.17, 15) is 5.11 Å². The highest BCUT2D eigenvalue weighted by atomic mass is 35.5. The van der Waals surface area contributed by atoms with Crippen molar-refractivity contribution < 1.29 is 5.11 Å². The van der Waals surface area contributed by atoms with Crippen LogP contribution in [-0.2, 0) is 0 Å². The largest absolute Gasteiger partial charge is 0.507 e. The zero-order valence-corrected chi connectivity index (χ0v) is 17.4. The first-order valence-corrected chi connectivity index (χ1v) is 10.1. The third-order valence-corrected chi connectivity index (χ3v) is 6.36. The Hall–Kier alpha value is -2.69. The minimum Gasteiger partial charge on any atom is -0.507 e. The summed E-state index contributed by atoms with van der Waals surface area (Å²) in [5.41, 5.74) is 6.44. The molecular weight excluding hydrogens is 388 g/mol. The minimum atomic E-state index is 0.185. The highest BCUT2D eigenvalue weighted by Gasteiger charge is 2.10. The molecule has 0 radical (unpaired) electrons. The highest BCUT2D eigenvalue weighted by molar-refractivity contribution is 7.21. The van der Waals surface area contributed by atoms with Crippen molar-refractivity contribution in [2.24, 2.45) is 4.99 Å². The molecule has 3 nitrogen and oxygen atoms in total. The van der Waals surface area contributed by atoms with E-state index >= 15 is 0 Å². The molecule has 140 valence electrons. The number of hydrogen-bond acceptors (Lipinski definition) is 4. The topological polar surface area (TPSA) is 45.5 Å². The molecular formula is C23H19ClN2OS. The highest BCUT2D eigenvalue weighted by Crippen LogP contribution is 2.32. The van der Waals surface area contributed by atoms with Crippen LogP contribution >= 0.6 is 22.9 Å². The number of rotatable bonds is 3. The molecule has 1 N–H and O–H groups in total. The van der Waals surface area contributed by atoms with Gasteiger partial charge in [0, 0.05) is 22.4 Å². The van der Waals surface area contributed by atoms with Gasteiger partial charge in [0.05, 0.1) is 15.9 Å². The van der Waals surface area contributed by atoms with Gasteiger partial charge in [-0.15, -0.1) is 11.3 Å². The lowest BCUT2D eigenvalue weighted by atomic mass is 10.0. The maximum absolute atomic E-state index is 10.2. The maximum atomic E-state index is 10.2. The third-order valence-electron chi connectivity index (χ3n) is 4.71. The second-order valence-corrected chi connectivity index (χ2v) is 8.27. The van der Waals surface area contributed by atoms with E-state index in [0.717, 1.165) is 32.9 Å². The van der Waals surface area contributed by atoms with Crippen molar-refractivity contribution in [3.63, 3.8) is 0 Å². The van der Waals surface area contributed by atoms with Gasteiger partial charge in [0.2, 0.25) is 0 Å². The number of phenols is 1. The van der Waals surface area contributed by atoms with Gasteiger partial charge < -0.3 is 5.11 Å². The molecule has 3 aromatic carbocycles. The van der Waals surface area contributed by atoms with Gasteiger partial charge in [-0.2, -0.15) is 0 Å². The second-order valence-electron chi connectivity index (χ2n) is 6.86. The van der Waals surface area contributed by atoms with Gasteiger partial charge in [-0.05, 0) is 79.9 Å². The molecule has 0 saturated heterocycles. The van der Waals surface area contributed by atoms with E-state index in [-0.39, 0.29) is 5.75 Å². The summed E-state index contributed by atoms with van der Waals surface area (Å²) in [5, 5.41) is 11.8. The Balaban J connectivity index is 1.61. The summed E-state index contributed by atoms with van der Waals surface area (Å²) in [4.78, 5) is 9.22. The van der Waals surface area contributed by atoms with Crippen LogP contribution in [-0.4, -0.2) is 16.3 Å². The van der Waals surface area contributed by atoms with Crippen molar-refractivity contribution in [1.82, 2.24) is 4.98 Å². The number of phenolic OH excluding ortho intramolecular Hbond substituents is 1. The molecule has 28 heavy (non-hydrogen) atoms. The summed E-state index contributed by atoms with van der Waals surface area (Å²) >= 11 is 7.98. The van der Waals surface area contributed by atoms with E-state index in [1.54, 1.807) is 23.6 Å². The molecule has 0 unspecified atom stereocenters. The quantitative estimate of drug-likeness (QED) is 0.372. The summed E-state index contributed by atoms with van der Waals surface area (Å²) in [5.74, 6) is 0.185. The minimum absolute atomic E-state index is 0.185. The lowest BCUT2D eigenvalue weighted by Gasteiger charge is -2.08. The zero-order valence-electron chi connectivity index (χ0n) is 15.8. The molecule has 1 aromatic heterocycles. The lowest BCUT2D eigenvalue weighted by Crippen LogP contribution is -1.92. The number of benzene rings is 3. The van der Waals surface area contributed by atoms with Crippen molar-refractivity contribution >= 4 is 45.1 Å². The van der Waals surface area contributed by atoms with E-state index in [2.05, 4.69) is 30.1 Å². The van der Waals surface area contributed by atoms with Crippen LogP contribution in [0.1, 0.15) is 22.3 Å². The summed E-state index contributed by atoms with van der Waals surface area (Å²) in [7, 11) is 0. The number of halogens is 1. The monoisotopic (exact) mass is 406 g/mol. The third kappa shape index (κ3) is 3.53. The molecule has 0 fully saturated rings. The number of aliphatic imine (C=N–C) groups is 1. The SMILES string of the molecule is Cc1ccc2nc(-c3ccc(N=Cc4c(O)cc(C)c(Cl)c4C)cc3)sc2c1. The van der Waals surface area contributed by atoms with Crippen molar-refractivity contribution in [2.75, 3.05) is 0 Å². The van der Waals surface area contributed by atoms with E-state index in [1.807, 2.05) is 38.1 Å². The number of hydrogen-bond donors (Lipinski definition) is 1. The summed E-state index contributed by atoms with van der Waals surface area (Å²) in [6, 6.07) is 15.9. The number of aryl methyl sites for hydroxylation is 2. The van der Waals surface area contributed by atoms with Gasteiger partial charge >= 0.3 is 0 Å². The zero-order chi connectivity index (χ0) is 19.8. The number of nitrogens with zero attached hydrogens (tertiary/aromatic N) is 2. The van der Waals surface area contributed by atoms with Crippen molar-refractivity contribution in [3.8, 4) is 16.3 Å². The van der Waals surface area contributed by atoms with Gasteiger partial charge in [0.25, 0.3) is 0 Å². The van der Waals surface area contributed by atoms with Crippen LogP contribution in [0.25, 0.3) is 20.8 Å². The molecule has 0 amide bonds. The molecule has 4 aromatic rings. The Morgan fingerprint density at radius 3 is 2.54 bits per heavy atom. The number of aromatic nitrogens is 1. The normalized spacial score (nSPS) is 11.6.